The summed E-state index contributed by atoms with van der Waals surface area (Å²) in [6.07, 6.45) is 1.70. The number of nitrogens with one attached hydrogen (secondary N) is 2. The zero-order valence-corrected chi connectivity index (χ0v) is 17.2. The molecule has 6 nitrogen and oxygen atoms in total. The van der Waals surface area contributed by atoms with Gasteiger partial charge in [-0.2, -0.15) is 5.10 Å². The van der Waals surface area contributed by atoms with E-state index in [9.17, 15) is 9.59 Å². The molecule has 0 aliphatic carbocycles. The second-order valence-electron chi connectivity index (χ2n) is 8.02. The maximum absolute atomic E-state index is 12.9. The van der Waals surface area contributed by atoms with Gasteiger partial charge in [0, 0.05) is 17.3 Å². The van der Waals surface area contributed by atoms with E-state index in [1.165, 1.54) is 0 Å². The largest absolute Gasteiger partial charge is 0.350 e. The van der Waals surface area contributed by atoms with Gasteiger partial charge in [0.1, 0.15) is 5.69 Å². The molecule has 0 unspecified atom stereocenters. The van der Waals surface area contributed by atoms with Crippen molar-refractivity contribution in [1.29, 1.82) is 0 Å². The Balaban J connectivity index is 1.89. The number of carbonyl (C=O) groups is 2. The molecule has 3 aromatic rings. The van der Waals surface area contributed by atoms with Crippen LogP contribution in [0.15, 0.2) is 60.8 Å². The van der Waals surface area contributed by atoms with Gasteiger partial charge >= 0.3 is 0 Å². The smallest absolute Gasteiger partial charge is 0.255 e. The highest BCUT2D eigenvalue weighted by atomic mass is 16.2. The van der Waals surface area contributed by atoms with Crippen molar-refractivity contribution in [3.8, 4) is 16.9 Å². The van der Waals surface area contributed by atoms with Crippen LogP contribution in [-0.4, -0.2) is 33.7 Å². The SMILES string of the molecule is Cc1ccc(-n2cc(C(=O)NCC(=O)NC(C)(C)C)c(-c3ccccc3)n2)cc1. The van der Waals surface area contributed by atoms with Crippen LogP contribution < -0.4 is 10.6 Å². The van der Waals surface area contributed by atoms with E-state index in [-0.39, 0.29) is 23.9 Å². The van der Waals surface area contributed by atoms with Crippen molar-refractivity contribution < 1.29 is 9.59 Å². The summed E-state index contributed by atoms with van der Waals surface area (Å²) in [6.45, 7) is 7.60. The van der Waals surface area contributed by atoms with E-state index >= 15 is 0 Å². The van der Waals surface area contributed by atoms with E-state index in [0.29, 0.717) is 11.3 Å². The van der Waals surface area contributed by atoms with Gasteiger partial charge in [0.05, 0.1) is 17.8 Å². The molecule has 0 saturated heterocycles. The van der Waals surface area contributed by atoms with Crippen LogP contribution >= 0.6 is 0 Å². The van der Waals surface area contributed by atoms with E-state index in [4.69, 9.17) is 0 Å². The summed E-state index contributed by atoms with van der Waals surface area (Å²) < 4.78 is 1.69. The first-order valence-corrected chi connectivity index (χ1v) is 9.54. The molecular formula is C23H26N4O2. The molecule has 150 valence electrons. The van der Waals surface area contributed by atoms with Crippen molar-refractivity contribution in [2.45, 2.75) is 33.2 Å². The number of hydrogen-bond donors (Lipinski definition) is 2. The van der Waals surface area contributed by atoms with E-state index in [1.807, 2.05) is 82.3 Å². The van der Waals surface area contributed by atoms with Crippen LogP contribution in [0.2, 0.25) is 0 Å². The molecule has 0 aliphatic heterocycles. The van der Waals surface area contributed by atoms with Crippen LogP contribution in [-0.2, 0) is 4.79 Å². The van der Waals surface area contributed by atoms with Gasteiger partial charge in [0.2, 0.25) is 5.91 Å². The Kier molecular flexibility index (Phi) is 5.82. The summed E-state index contributed by atoms with van der Waals surface area (Å²) in [5.41, 5.74) is 3.47. The van der Waals surface area contributed by atoms with Gasteiger partial charge in [-0.1, -0.05) is 48.0 Å². The van der Waals surface area contributed by atoms with E-state index < -0.39 is 0 Å². The number of carbonyl (C=O) groups excluding carboxylic acids is 2. The Morgan fingerprint density at radius 1 is 1.00 bits per heavy atom. The van der Waals surface area contributed by atoms with Crippen LogP contribution in [0.1, 0.15) is 36.7 Å². The van der Waals surface area contributed by atoms with E-state index in [2.05, 4.69) is 15.7 Å². The molecule has 3 rings (SSSR count). The van der Waals surface area contributed by atoms with Gasteiger partial charge in [-0.05, 0) is 39.8 Å². The first-order valence-electron chi connectivity index (χ1n) is 9.54. The molecule has 0 saturated carbocycles. The molecule has 0 radical (unpaired) electrons. The molecule has 2 amide bonds. The third kappa shape index (κ3) is 5.31. The summed E-state index contributed by atoms with van der Waals surface area (Å²) in [7, 11) is 0. The average Bonchev–Trinajstić information content (AvgIpc) is 3.11. The lowest BCUT2D eigenvalue weighted by Crippen LogP contribution is -2.45. The highest BCUT2D eigenvalue weighted by molar-refractivity contribution is 6.01. The van der Waals surface area contributed by atoms with E-state index in [1.54, 1.807) is 10.9 Å². The minimum Gasteiger partial charge on any atom is -0.350 e. The number of aromatic nitrogens is 2. The first-order chi connectivity index (χ1) is 13.7. The zero-order valence-electron chi connectivity index (χ0n) is 17.2. The molecule has 1 heterocycles. The summed E-state index contributed by atoms with van der Waals surface area (Å²) in [4.78, 5) is 24.9. The van der Waals surface area contributed by atoms with Crippen molar-refractivity contribution in [3.63, 3.8) is 0 Å². The molecule has 0 fully saturated rings. The van der Waals surface area contributed by atoms with Crippen LogP contribution in [0.3, 0.4) is 0 Å². The van der Waals surface area contributed by atoms with Crippen LogP contribution in [0.25, 0.3) is 16.9 Å². The zero-order chi connectivity index (χ0) is 21.0. The fourth-order valence-electron chi connectivity index (χ4n) is 2.90. The minimum absolute atomic E-state index is 0.0972. The molecule has 0 aliphatic rings. The average molecular weight is 390 g/mol. The summed E-state index contributed by atoms with van der Waals surface area (Å²) in [5, 5.41) is 10.2. The lowest BCUT2D eigenvalue weighted by atomic mass is 10.1. The second-order valence-corrected chi connectivity index (χ2v) is 8.02. The highest BCUT2D eigenvalue weighted by Crippen LogP contribution is 2.23. The minimum atomic E-state index is -0.354. The molecule has 6 heteroatoms. The Bertz CT molecular complexity index is 1000. The number of aryl methyl sites for hydroxylation is 1. The number of rotatable bonds is 5. The number of nitrogens with zero attached hydrogens (tertiary/aromatic N) is 2. The van der Waals surface area contributed by atoms with Gasteiger partial charge in [-0.3, -0.25) is 9.59 Å². The van der Waals surface area contributed by atoms with Gasteiger partial charge in [0.15, 0.2) is 0 Å². The van der Waals surface area contributed by atoms with Gasteiger partial charge in [-0.15, -0.1) is 0 Å². The summed E-state index contributed by atoms with van der Waals surface area (Å²) in [6, 6.07) is 17.4. The molecule has 2 N–H and O–H groups in total. The van der Waals surface area contributed by atoms with Crippen LogP contribution in [0, 0.1) is 6.92 Å². The van der Waals surface area contributed by atoms with Crippen LogP contribution in [0.4, 0.5) is 0 Å². The van der Waals surface area contributed by atoms with Gasteiger partial charge < -0.3 is 10.6 Å². The summed E-state index contributed by atoms with van der Waals surface area (Å²) in [5.74, 6) is -0.579. The third-order valence-electron chi connectivity index (χ3n) is 4.23. The molecule has 1 aromatic heterocycles. The topological polar surface area (TPSA) is 76.0 Å². The Morgan fingerprint density at radius 3 is 2.28 bits per heavy atom. The van der Waals surface area contributed by atoms with Crippen molar-refractivity contribution in [2.24, 2.45) is 0 Å². The molecule has 0 bridgehead atoms. The van der Waals surface area contributed by atoms with Crippen molar-refractivity contribution >= 4 is 11.8 Å². The maximum Gasteiger partial charge on any atom is 0.255 e. The second kappa shape index (κ2) is 8.31. The Hall–Kier alpha value is -3.41. The predicted molar refractivity (Wildman–Crippen MR) is 114 cm³/mol. The standard InChI is InChI=1S/C23H26N4O2/c1-16-10-12-18(13-11-16)27-15-19(21(26-27)17-8-6-5-7-9-17)22(29)24-14-20(28)25-23(2,3)4/h5-13,15H,14H2,1-4H3,(H,24,29)(H,25,28). The van der Waals surface area contributed by atoms with Crippen molar-refractivity contribution in [3.05, 3.63) is 71.9 Å². The predicted octanol–water partition coefficient (Wildman–Crippen LogP) is 3.49. The van der Waals surface area contributed by atoms with E-state index in [0.717, 1.165) is 16.8 Å². The molecular weight excluding hydrogens is 364 g/mol. The molecule has 0 atom stereocenters. The normalized spacial score (nSPS) is 11.2. The lowest BCUT2D eigenvalue weighted by Gasteiger charge is -2.20. The van der Waals surface area contributed by atoms with Crippen molar-refractivity contribution in [2.75, 3.05) is 6.54 Å². The van der Waals surface area contributed by atoms with Gasteiger partial charge in [0.25, 0.3) is 5.91 Å². The number of benzene rings is 2. The lowest BCUT2D eigenvalue weighted by molar-refractivity contribution is -0.121. The van der Waals surface area contributed by atoms with Crippen molar-refractivity contribution in [1.82, 2.24) is 20.4 Å². The molecule has 2 aromatic carbocycles. The summed E-state index contributed by atoms with van der Waals surface area (Å²) >= 11 is 0. The number of hydrogen-bond acceptors (Lipinski definition) is 3. The quantitative estimate of drug-likeness (QED) is 0.700. The van der Waals surface area contributed by atoms with Crippen LogP contribution in [0.5, 0.6) is 0 Å². The highest BCUT2D eigenvalue weighted by Gasteiger charge is 2.20. The monoisotopic (exact) mass is 390 g/mol. The molecule has 0 spiro atoms. The Labute approximate surface area is 170 Å². The van der Waals surface area contributed by atoms with Gasteiger partial charge in [-0.25, -0.2) is 4.68 Å². The Morgan fingerprint density at radius 2 is 1.66 bits per heavy atom. The fraction of sp³-hybridized carbons (Fsp3) is 0.261. The fourth-order valence-corrected chi connectivity index (χ4v) is 2.90. The molecule has 29 heavy (non-hydrogen) atoms. The third-order valence-corrected chi connectivity index (χ3v) is 4.23. The maximum atomic E-state index is 12.9. The number of amides is 2. The first kappa shape index (κ1) is 20.3.